The molecule has 1 heterocycles. The van der Waals surface area contributed by atoms with Crippen LogP contribution in [0.1, 0.15) is 39.3 Å². The predicted octanol–water partition coefficient (Wildman–Crippen LogP) is 3.29. The van der Waals surface area contributed by atoms with Crippen molar-refractivity contribution < 1.29 is 15.0 Å². The number of fused-ring (bicyclic) bond motifs is 1. The molecule has 4 heteroatoms. The van der Waals surface area contributed by atoms with Crippen LogP contribution in [0.4, 0.5) is 0 Å². The summed E-state index contributed by atoms with van der Waals surface area (Å²) in [6, 6.07) is 5.37. The van der Waals surface area contributed by atoms with E-state index in [1.165, 1.54) is 0 Å². The molecule has 0 aliphatic heterocycles. The monoisotopic (exact) mass is 261 g/mol. The van der Waals surface area contributed by atoms with E-state index in [1.807, 2.05) is 30.7 Å². The first kappa shape index (κ1) is 13.5. The van der Waals surface area contributed by atoms with Gasteiger partial charge in [-0.25, -0.2) is 0 Å². The zero-order valence-corrected chi connectivity index (χ0v) is 11.6. The minimum Gasteiger partial charge on any atom is -0.506 e. The zero-order valence-electron chi connectivity index (χ0n) is 11.6. The molecule has 102 valence electrons. The second-order valence-electron chi connectivity index (χ2n) is 5.65. The van der Waals surface area contributed by atoms with E-state index in [0.29, 0.717) is 5.52 Å². The molecule has 0 aliphatic carbocycles. The van der Waals surface area contributed by atoms with E-state index in [4.69, 9.17) is 0 Å². The van der Waals surface area contributed by atoms with E-state index in [-0.39, 0.29) is 11.8 Å². The normalized spacial score (nSPS) is 12.3. The lowest BCUT2D eigenvalue weighted by atomic mass is 9.84. The van der Waals surface area contributed by atoms with Gasteiger partial charge in [0, 0.05) is 17.6 Å². The van der Waals surface area contributed by atoms with Crippen LogP contribution < -0.4 is 0 Å². The molecule has 0 fully saturated rings. The fourth-order valence-electron chi connectivity index (χ4n) is 2.31. The summed E-state index contributed by atoms with van der Waals surface area (Å²) in [4.78, 5) is 11.5. The van der Waals surface area contributed by atoms with Crippen LogP contribution in [0.25, 0.3) is 10.9 Å². The largest absolute Gasteiger partial charge is 0.506 e. The molecule has 1 aromatic heterocycles. The first-order valence-electron chi connectivity index (χ1n) is 6.33. The molecule has 2 rings (SSSR count). The summed E-state index contributed by atoms with van der Waals surface area (Å²) in [6.45, 7) is 7.37. The summed E-state index contributed by atoms with van der Waals surface area (Å²) >= 11 is 0. The Balaban J connectivity index is 2.85. The Hall–Kier alpha value is -1.97. The lowest BCUT2D eigenvalue weighted by Gasteiger charge is -2.18. The molecular formula is C15H19NO3. The molecule has 0 bridgehead atoms. The summed E-state index contributed by atoms with van der Waals surface area (Å²) < 4.78 is 1.92. The SMILES string of the molecule is CC(C)n1cc(C(C)(C)C(=O)O)c2cccc(O)c21. The highest BCUT2D eigenvalue weighted by Gasteiger charge is 2.33. The third-order valence-electron chi connectivity index (χ3n) is 3.60. The molecule has 19 heavy (non-hydrogen) atoms. The number of phenols is 1. The summed E-state index contributed by atoms with van der Waals surface area (Å²) in [5.41, 5.74) is 0.424. The zero-order chi connectivity index (χ0) is 14.4. The molecule has 0 spiro atoms. The van der Waals surface area contributed by atoms with Gasteiger partial charge in [0.25, 0.3) is 0 Å². The number of aliphatic carboxylic acids is 1. The number of phenolic OH excluding ortho intramolecular Hbond substituents is 1. The molecule has 0 radical (unpaired) electrons. The van der Waals surface area contributed by atoms with Crippen molar-refractivity contribution in [3.63, 3.8) is 0 Å². The van der Waals surface area contributed by atoms with Gasteiger partial charge < -0.3 is 14.8 Å². The van der Waals surface area contributed by atoms with Gasteiger partial charge in [-0.05, 0) is 39.3 Å². The molecule has 0 unspecified atom stereocenters. The Kier molecular flexibility index (Phi) is 3.04. The van der Waals surface area contributed by atoms with Crippen LogP contribution in [0, 0.1) is 0 Å². The van der Waals surface area contributed by atoms with Crippen molar-refractivity contribution in [1.29, 1.82) is 0 Å². The van der Waals surface area contributed by atoms with Gasteiger partial charge in [-0.15, -0.1) is 0 Å². The van der Waals surface area contributed by atoms with Crippen molar-refractivity contribution >= 4 is 16.9 Å². The molecule has 2 aromatic rings. The Morgan fingerprint density at radius 3 is 2.47 bits per heavy atom. The van der Waals surface area contributed by atoms with Crippen molar-refractivity contribution in [3.8, 4) is 5.75 Å². The maximum atomic E-state index is 11.5. The van der Waals surface area contributed by atoms with E-state index in [2.05, 4.69) is 0 Å². The van der Waals surface area contributed by atoms with E-state index in [1.54, 1.807) is 26.0 Å². The van der Waals surface area contributed by atoms with Gasteiger partial charge in [0.05, 0.1) is 10.9 Å². The summed E-state index contributed by atoms with van der Waals surface area (Å²) in [7, 11) is 0. The van der Waals surface area contributed by atoms with Crippen LogP contribution in [-0.4, -0.2) is 20.7 Å². The van der Waals surface area contributed by atoms with Crippen LogP contribution in [0.15, 0.2) is 24.4 Å². The van der Waals surface area contributed by atoms with Crippen LogP contribution >= 0.6 is 0 Å². The third-order valence-corrected chi connectivity index (χ3v) is 3.60. The summed E-state index contributed by atoms with van der Waals surface area (Å²) in [6.07, 6.45) is 1.84. The van der Waals surface area contributed by atoms with Crippen LogP contribution in [0.2, 0.25) is 0 Å². The number of hydrogen-bond donors (Lipinski definition) is 2. The fraction of sp³-hybridized carbons (Fsp3) is 0.400. The number of rotatable bonds is 3. The number of nitrogens with zero attached hydrogens (tertiary/aromatic N) is 1. The Bertz CT molecular complexity index is 638. The van der Waals surface area contributed by atoms with Crippen LogP contribution in [0.3, 0.4) is 0 Å². The molecule has 0 amide bonds. The molecule has 1 aromatic carbocycles. The lowest BCUT2D eigenvalue weighted by Crippen LogP contribution is -2.28. The van der Waals surface area contributed by atoms with Gasteiger partial charge in [0.2, 0.25) is 0 Å². The number of aromatic hydroxyl groups is 1. The number of carbonyl (C=O) groups is 1. The maximum absolute atomic E-state index is 11.5. The standard InChI is InChI=1S/C15H19NO3/c1-9(2)16-8-11(15(3,4)14(18)19)10-6-5-7-12(17)13(10)16/h5-9,17H,1-4H3,(H,18,19). The van der Waals surface area contributed by atoms with E-state index in [0.717, 1.165) is 10.9 Å². The first-order chi connectivity index (χ1) is 8.76. The van der Waals surface area contributed by atoms with Gasteiger partial charge in [0.1, 0.15) is 5.75 Å². The highest BCUT2D eigenvalue weighted by atomic mass is 16.4. The number of hydrogen-bond acceptors (Lipinski definition) is 2. The third kappa shape index (κ3) is 1.97. The minimum atomic E-state index is -0.994. The highest BCUT2D eigenvalue weighted by Crippen LogP contribution is 2.37. The molecule has 0 atom stereocenters. The maximum Gasteiger partial charge on any atom is 0.313 e. The fourth-order valence-corrected chi connectivity index (χ4v) is 2.31. The number of para-hydroxylation sites is 1. The van der Waals surface area contributed by atoms with Crippen LogP contribution in [-0.2, 0) is 10.2 Å². The van der Waals surface area contributed by atoms with Crippen molar-refractivity contribution in [2.75, 3.05) is 0 Å². The van der Waals surface area contributed by atoms with Crippen molar-refractivity contribution in [2.45, 2.75) is 39.2 Å². The van der Waals surface area contributed by atoms with Crippen LogP contribution in [0.5, 0.6) is 5.75 Å². The number of benzene rings is 1. The molecule has 2 N–H and O–H groups in total. The molecule has 0 saturated carbocycles. The Labute approximate surface area is 112 Å². The molecular weight excluding hydrogens is 242 g/mol. The van der Waals surface area contributed by atoms with Gasteiger partial charge >= 0.3 is 5.97 Å². The van der Waals surface area contributed by atoms with Gasteiger partial charge in [-0.3, -0.25) is 4.79 Å². The van der Waals surface area contributed by atoms with Gasteiger partial charge in [-0.2, -0.15) is 0 Å². The van der Waals surface area contributed by atoms with Gasteiger partial charge in [0.15, 0.2) is 0 Å². The Morgan fingerprint density at radius 1 is 1.32 bits per heavy atom. The number of carboxylic acid groups (broad SMARTS) is 1. The second-order valence-corrected chi connectivity index (χ2v) is 5.65. The van der Waals surface area contributed by atoms with E-state index in [9.17, 15) is 15.0 Å². The predicted molar refractivity (Wildman–Crippen MR) is 74.6 cm³/mol. The molecule has 0 aliphatic rings. The quantitative estimate of drug-likeness (QED) is 0.891. The second kappa shape index (κ2) is 4.30. The number of aromatic nitrogens is 1. The topological polar surface area (TPSA) is 62.5 Å². The van der Waals surface area contributed by atoms with Gasteiger partial charge in [-0.1, -0.05) is 12.1 Å². The minimum absolute atomic E-state index is 0.147. The average molecular weight is 261 g/mol. The van der Waals surface area contributed by atoms with E-state index < -0.39 is 11.4 Å². The lowest BCUT2D eigenvalue weighted by molar-refractivity contribution is -0.142. The van der Waals surface area contributed by atoms with Crippen molar-refractivity contribution in [2.24, 2.45) is 0 Å². The first-order valence-corrected chi connectivity index (χ1v) is 6.33. The smallest absolute Gasteiger partial charge is 0.313 e. The summed E-state index contributed by atoms with van der Waals surface area (Å²) in [5, 5.41) is 20.2. The average Bonchev–Trinajstić information content (AvgIpc) is 2.70. The number of carboxylic acids is 1. The molecule has 4 nitrogen and oxygen atoms in total. The Morgan fingerprint density at radius 2 is 1.95 bits per heavy atom. The van der Waals surface area contributed by atoms with Crippen molar-refractivity contribution in [3.05, 3.63) is 30.0 Å². The van der Waals surface area contributed by atoms with Crippen molar-refractivity contribution in [1.82, 2.24) is 4.57 Å². The van der Waals surface area contributed by atoms with E-state index >= 15 is 0 Å². The highest BCUT2D eigenvalue weighted by molar-refractivity contribution is 5.94. The molecule has 0 saturated heterocycles. The summed E-state index contributed by atoms with van der Waals surface area (Å²) in [5.74, 6) is -0.697.